The van der Waals surface area contributed by atoms with Gasteiger partial charge in [-0.2, -0.15) is 0 Å². The lowest BCUT2D eigenvalue weighted by Crippen LogP contribution is -2.42. The summed E-state index contributed by atoms with van der Waals surface area (Å²) in [6.45, 7) is 9.17. The summed E-state index contributed by atoms with van der Waals surface area (Å²) in [5.74, 6) is 0. The average molecular weight is 241 g/mol. The molecule has 92 valence electrons. The molecule has 1 unspecified atom stereocenters. The topological polar surface area (TPSA) is 35.2 Å². The van der Waals surface area contributed by atoms with E-state index in [4.69, 9.17) is 10.5 Å². The molecule has 0 spiro atoms. The molecule has 1 heterocycles. The number of hydrogen-bond donors (Lipinski definition) is 1. The first kappa shape index (κ1) is 13.7. The highest BCUT2D eigenvalue weighted by molar-refractivity contribution is 7.12. The molecule has 0 radical (unpaired) electrons. The fourth-order valence-corrected chi connectivity index (χ4v) is 3.14. The minimum absolute atomic E-state index is 0.0128. The average Bonchev–Trinajstić information content (AvgIpc) is 2.72. The third-order valence-electron chi connectivity index (χ3n) is 3.26. The van der Waals surface area contributed by atoms with Crippen LogP contribution in [0, 0.1) is 6.92 Å². The second-order valence-corrected chi connectivity index (χ2v) is 5.45. The van der Waals surface area contributed by atoms with Crippen molar-refractivity contribution in [3.05, 3.63) is 21.9 Å². The van der Waals surface area contributed by atoms with Crippen LogP contribution in [0.2, 0.25) is 0 Å². The molecule has 3 heteroatoms. The van der Waals surface area contributed by atoms with Crippen LogP contribution >= 0.6 is 11.3 Å². The van der Waals surface area contributed by atoms with E-state index in [1.54, 1.807) is 11.3 Å². The van der Waals surface area contributed by atoms with Gasteiger partial charge in [0.15, 0.2) is 0 Å². The Kier molecular flexibility index (Phi) is 4.96. The molecule has 2 nitrogen and oxygen atoms in total. The predicted molar refractivity (Wildman–Crippen MR) is 70.9 cm³/mol. The Labute approximate surface area is 103 Å². The van der Waals surface area contributed by atoms with E-state index in [1.807, 2.05) is 6.92 Å². The maximum absolute atomic E-state index is 6.38. The van der Waals surface area contributed by atoms with Crippen molar-refractivity contribution in [2.24, 2.45) is 5.73 Å². The summed E-state index contributed by atoms with van der Waals surface area (Å²) in [6, 6.07) is 4.24. The molecular formula is C13H23NOS. The largest absolute Gasteiger partial charge is 0.373 e. The highest BCUT2D eigenvalue weighted by Crippen LogP contribution is 2.36. The van der Waals surface area contributed by atoms with Gasteiger partial charge in [-0.1, -0.05) is 13.8 Å². The zero-order chi connectivity index (χ0) is 12.2. The Bertz CT molecular complexity index is 317. The highest BCUT2D eigenvalue weighted by Gasteiger charge is 2.35. The number of aryl methyl sites for hydroxylation is 1. The summed E-state index contributed by atoms with van der Waals surface area (Å²) < 4.78 is 5.94. The third-order valence-corrected chi connectivity index (χ3v) is 4.35. The van der Waals surface area contributed by atoms with Crippen molar-refractivity contribution >= 4 is 11.3 Å². The summed E-state index contributed by atoms with van der Waals surface area (Å²) in [5.41, 5.74) is 6.18. The summed E-state index contributed by atoms with van der Waals surface area (Å²) >= 11 is 1.77. The molecule has 16 heavy (non-hydrogen) atoms. The quantitative estimate of drug-likeness (QED) is 0.825. The lowest BCUT2D eigenvalue weighted by molar-refractivity contribution is -0.0638. The lowest BCUT2D eigenvalue weighted by atomic mass is 9.87. The van der Waals surface area contributed by atoms with Crippen LogP contribution in [0.15, 0.2) is 12.1 Å². The maximum atomic E-state index is 6.38. The van der Waals surface area contributed by atoms with Crippen LogP contribution in [-0.4, -0.2) is 12.2 Å². The van der Waals surface area contributed by atoms with Gasteiger partial charge in [-0.05, 0) is 38.8 Å². The second kappa shape index (κ2) is 5.80. The predicted octanol–water partition coefficient (Wildman–Crippen LogP) is 3.65. The Hall–Kier alpha value is -0.380. The number of nitrogens with two attached hydrogens (primary N) is 1. The van der Waals surface area contributed by atoms with E-state index in [0.717, 1.165) is 19.4 Å². The van der Waals surface area contributed by atoms with Crippen molar-refractivity contribution in [1.29, 1.82) is 0 Å². The van der Waals surface area contributed by atoms with Gasteiger partial charge in [-0.25, -0.2) is 0 Å². The molecule has 0 saturated heterocycles. The van der Waals surface area contributed by atoms with Crippen molar-refractivity contribution in [2.75, 3.05) is 6.61 Å². The molecule has 0 aliphatic rings. The molecule has 0 aliphatic heterocycles. The van der Waals surface area contributed by atoms with E-state index in [9.17, 15) is 0 Å². The van der Waals surface area contributed by atoms with Crippen molar-refractivity contribution < 1.29 is 4.74 Å². The van der Waals surface area contributed by atoms with Crippen LogP contribution in [0.25, 0.3) is 0 Å². The molecule has 0 amide bonds. The molecular weight excluding hydrogens is 218 g/mol. The van der Waals surface area contributed by atoms with Crippen molar-refractivity contribution in [3.63, 3.8) is 0 Å². The van der Waals surface area contributed by atoms with E-state index in [-0.39, 0.29) is 11.6 Å². The molecule has 0 aromatic carbocycles. The SMILES string of the molecule is CCOC(CC)(CC)C(N)c1ccc(C)s1. The smallest absolute Gasteiger partial charge is 0.0876 e. The number of rotatable bonds is 6. The first-order chi connectivity index (χ1) is 7.59. The first-order valence-corrected chi connectivity index (χ1v) is 6.87. The van der Waals surface area contributed by atoms with Gasteiger partial charge in [0.2, 0.25) is 0 Å². The van der Waals surface area contributed by atoms with Crippen molar-refractivity contribution in [2.45, 2.75) is 52.2 Å². The van der Waals surface area contributed by atoms with Gasteiger partial charge in [0, 0.05) is 16.4 Å². The highest BCUT2D eigenvalue weighted by atomic mass is 32.1. The molecule has 1 aromatic rings. The van der Waals surface area contributed by atoms with Crippen molar-refractivity contribution in [3.8, 4) is 0 Å². The molecule has 0 bridgehead atoms. The van der Waals surface area contributed by atoms with E-state index in [0.29, 0.717) is 0 Å². The third kappa shape index (κ3) is 2.65. The Morgan fingerprint density at radius 3 is 2.31 bits per heavy atom. The van der Waals surface area contributed by atoms with Crippen LogP contribution in [0.1, 0.15) is 49.4 Å². The van der Waals surface area contributed by atoms with Gasteiger partial charge in [0.25, 0.3) is 0 Å². The zero-order valence-electron chi connectivity index (χ0n) is 10.7. The Balaban J connectivity index is 2.94. The van der Waals surface area contributed by atoms with Crippen LogP contribution in [0.5, 0.6) is 0 Å². The summed E-state index contributed by atoms with van der Waals surface area (Å²) in [4.78, 5) is 2.54. The fourth-order valence-electron chi connectivity index (χ4n) is 2.15. The van der Waals surface area contributed by atoms with Gasteiger partial charge in [-0.3, -0.25) is 0 Å². The van der Waals surface area contributed by atoms with E-state index in [1.165, 1.54) is 9.75 Å². The van der Waals surface area contributed by atoms with Crippen LogP contribution < -0.4 is 5.73 Å². The first-order valence-electron chi connectivity index (χ1n) is 6.05. The molecule has 1 atom stereocenters. The zero-order valence-corrected chi connectivity index (χ0v) is 11.6. The van der Waals surface area contributed by atoms with E-state index < -0.39 is 0 Å². The normalized spacial score (nSPS) is 14.1. The van der Waals surface area contributed by atoms with Gasteiger partial charge >= 0.3 is 0 Å². The fraction of sp³-hybridized carbons (Fsp3) is 0.692. The monoisotopic (exact) mass is 241 g/mol. The van der Waals surface area contributed by atoms with Gasteiger partial charge in [0.05, 0.1) is 11.6 Å². The molecule has 0 saturated carbocycles. The minimum atomic E-state index is -0.202. The number of hydrogen-bond acceptors (Lipinski definition) is 3. The van der Waals surface area contributed by atoms with Gasteiger partial charge < -0.3 is 10.5 Å². The number of thiophene rings is 1. The van der Waals surface area contributed by atoms with Crippen LogP contribution in [-0.2, 0) is 4.74 Å². The summed E-state index contributed by atoms with van der Waals surface area (Å²) in [6.07, 6.45) is 1.91. The standard InChI is InChI=1S/C13H23NOS/c1-5-13(6-2,15-7-3)12(14)11-9-8-10(4)16-11/h8-9,12H,5-7,14H2,1-4H3. The van der Waals surface area contributed by atoms with Gasteiger partial charge in [0.1, 0.15) is 0 Å². The summed E-state index contributed by atoms with van der Waals surface area (Å²) in [7, 11) is 0. The molecule has 0 fully saturated rings. The van der Waals surface area contributed by atoms with Gasteiger partial charge in [-0.15, -0.1) is 11.3 Å². The number of ether oxygens (including phenoxy) is 1. The lowest BCUT2D eigenvalue weighted by Gasteiger charge is -2.36. The molecule has 1 aromatic heterocycles. The molecule has 1 rings (SSSR count). The van der Waals surface area contributed by atoms with E-state index >= 15 is 0 Å². The second-order valence-electron chi connectivity index (χ2n) is 4.13. The molecule has 2 N–H and O–H groups in total. The maximum Gasteiger partial charge on any atom is 0.0876 e. The van der Waals surface area contributed by atoms with E-state index in [2.05, 4.69) is 32.9 Å². The molecule has 0 aliphatic carbocycles. The van der Waals surface area contributed by atoms with Crippen LogP contribution in [0.4, 0.5) is 0 Å². The Morgan fingerprint density at radius 1 is 1.31 bits per heavy atom. The summed E-state index contributed by atoms with van der Waals surface area (Å²) in [5, 5.41) is 0. The van der Waals surface area contributed by atoms with Crippen LogP contribution in [0.3, 0.4) is 0 Å². The minimum Gasteiger partial charge on any atom is -0.373 e. The van der Waals surface area contributed by atoms with Crippen molar-refractivity contribution in [1.82, 2.24) is 0 Å². The Morgan fingerprint density at radius 2 is 1.94 bits per heavy atom.